The van der Waals surface area contributed by atoms with E-state index in [2.05, 4.69) is 40.7 Å². The maximum Gasteiger partial charge on any atom is 0.224 e. The molecule has 0 fully saturated rings. The number of rotatable bonds is 11. The number of aliphatic imine (C=N–C) groups is 1. The van der Waals surface area contributed by atoms with E-state index in [1.165, 1.54) is 0 Å². The van der Waals surface area contributed by atoms with Crippen LogP contribution in [0.2, 0.25) is 0 Å². The maximum absolute atomic E-state index is 6.08. The monoisotopic (exact) mass is 530 g/mol. The van der Waals surface area contributed by atoms with Gasteiger partial charge in [0.15, 0.2) is 17.5 Å². The molecule has 0 saturated heterocycles. The molecule has 0 radical (unpaired) electrons. The Morgan fingerprint density at radius 2 is 1.90 bits per heavy atom. The molecule has 2 rings (SSSR count). The minimum absolute atomic E-state index is 0. The summed E-state index contributed by atoms with van der Waals surface area (Å²) in [5.74, 6) is 3.73. The van der Waals surface area contributed by atoms with Gasteiger partial charge in [-0.15, -0.1) is 24.0 Å². The summed E-state index contributed by atoms with van der Waals surface area (Å²) >= 11 is 1.80. The lowest BCUT2D eigenvalue weighted by Crippen LogP contribution is -2.38. The summed E-state index contributed by atoms with van der Waals surface area (Å²) in [4.78, 5) is 9.07. The third-order valence-electron chi connectivity index (χ3n) is 3.72. The third-order valence-corrected chi connectivity index (χ3v) is 4.33. The smallest absolute Gasteiger partial charge is 0.224 e. The number of hydrogen-bond acceptors (Lipinski definition) is 5. The topological polar surface area (TPSA) is 67.8 Å². The Morgan fingerprint density at radius 1 is 1.10 bits per heavy atom. The zero-order chi connectivity index (χ0) is 20.0. The van der Waals surface area contributed by atoms with E-state index in [1.807, 2.05) is 36.4 Å². The molecule has 0 atom stereocenters. The van der Waals surface area contributed by atoms with Crippen LogP contribution >= 0.6 is 35.7 Å². The maximum atomic E-state index is 6.08. The van der Waals surface area contributed by atoms with Crippen molar-refractivity contribution in [2.45, 2.75) is 26.8 Å². The van der Waals surface area contributed by atoms with Crippen LogP contribution in [-0.4, -0.2) is 42.6 Å². The lowest BCUT2D eigenvalue weighted by Gasteiger charge is -2.14. The SMILES string of the molecule is CCCOc1ccccc1Oc1ncccc1CN=C(NCC)NCCSC.I. The van der Waals surface area contributed by atoms with Crippen molar-refractivity contribution < 1.29 is 9.47 Å². The van der Waals surface area contributed by atoms with E-state index in [0.717, 1.165) is 42.5 Å². The van der Waals surface area contributed by atoms with Crippen LogP contribution in [0.15, 0.2) is 47.6 Å². The van der Waals surface area contributed by atoms with Gasteiger partial charge >= 0.3 is 0 Å². The second-order valence-electron chi connectivity index (χ2n) is 5.98. The molecular formula is C21H31IN4O2S. The van der Waals surface area contributed by atoms with Crippen molar-refractivity contribution >= 4 is 41.7 Å². The van der Waals surface area contributed by atoms with Crippen molar-refractivity contribution in [2.75, 3.05) is 31.7 Å². The van der Waals surface area contributed by atoms with Gasteiger partial charge in [-0.05, 0) is 37.8 Å². The first-order valence-corrected chi connectivity index (χ1v) is 11.0. The van der Waals surface area contributed by atoms with Crippen LogP contribution in [0.25, 0.3) is 0 Å². The fourth-order valence-electron chi connectivity index (χ4n) is 2.38. The predicted octanol–water partition coefficient (Wildman–Crippen LogP) is 4.70. The standard InChI is InChI=1S/C21H30N4O2S.HI/c1-4-14-26-18-10-6-7-11-19(18)27-20-17(9-8-12-23-20)16-25-21(22-5-2)24-13-15-28-3;/h6-12H,4-5,13-16H2,1-3H3,(H2,22,24,25);1H. The number of aromatic nitrogens is 1. The van der Waals surface area contributed by atoms with E-state index in [-0.39, 0.29) is 24.0 Å². The summed E-state index contributed by atoms with van der Waals surface area (Å²) < 4.78 is 11.9. The van der Waals surface area contributed by atoms with E-state index < -0.39 is 0 Å². The Kier molecular flexibility index (Phi) is 13.3. The zero-order valence-electron chi connectivity index (χ0n) is 17.3. The van der Waals surface area contributed by atoms with Gasteiger partial charge in [0.2, 0.25) is 5.88 Å². The normalized spacial score (nSPS) is 10.8. The third kappa shape index (κ3) is 9.12. The minimum atomic E-state index is 0. The molecule has 0 aliphatic heterocycles. The molecule has 1 aromatic heterocycles. The highest BCUT2D eigenvalue weighted by atomic mass is 127. The minimum Gasteiger partial charge on any atom is -0.490 e. The van der Waals surface area contributed by atoms with Crippen molar-refractivity contribution in [3.8, 4) is 17.4 Å². The van der Waals surface area contributed by atoms with Crippen molar-refractivity contribution in [3.63, 3.8) is 0 Å². The van der Waals surface area contributed by atoms with E-state index in [1.54, 1.807) is 18.0 Å². The van der Waals surface area contributed by atoms with Crippen LogP contribution in [0.4, 0.5) is 0 Å². The highest BCUT2D eigenvalue weighted by Crippen LogP contribution is 2.32. The summed E-state index contributed by atoms with van der Waals surface area (Å²) in [6.07, 6.45) is 4.75. The number of halogens is 1. The first kappa shape index (κ1) is 25.4. The number of nitrogens with zero attached hydrogens (tertiary/aromatic N) is 2. The summed E-state index contributed by atoms with van der Waals surface area (Å²) in [7, 11) is 0. The second kappa shape index (κ2) is 15.2. The van der Waals surface area contributed by atoms with Gasteiger partial charge in [0.1, 0.15) is 0 Å². The van der Waals surface area contributed by atoms with Gasteiger partial charge < -0.3 is 20.1 Å². The van der Waals surface area contributed by atoms with Crippen LogP contribution < -0.4 is 20.1 Å². The first-order chi connectivity index (χ1) is 13.8. The number of ether oxygens (including phenoxy) is 2. The highest BCUT2D eigenvalue weighted by molar-refractivity contribution is 14.0. The largest absolute Gasteiger partial charge is 0.490 e. The molecule has 1 aromatic carbocycles. The van der Waals surface area contributed by atoms with E-state index >= 15 is 0 Å². The second-order valence-corrected chi connectivity index (χ2v) is 6.97. The molecule has 2 N–H and O–H groups in total. The first-order valence-electron chi connectivity index (χ1n) is 9.63. The van der Waals surface area contributed by atoms with Gasteiger partial charge in [-0.3, -0.25) is 0 Å². The molecule has 160 valence electrons. The van der Waals surface area contributed by atoms with Crippen LogP contribution in [-0.2, 0) is 6.54 Å². The molecule has 0 amide bonds. The average Bonchev–Trinajstić information content (AvgIpc) is 2.72. The van der Waals surface area contributed by atoms with Gasteiger partial charge in [0, 0.05) is 30.6 Å². The number of nitrogens with one attached hydrogen (secondary N) is 2. The molecule has 1 heterocycles. The van der Waals surface area contributed by atoms with Crippen molar-refractivity contribution in [1.82, 2.24) is 15.6 Å². The number of pyridine rings is 1. The molecule has 0 unspecified atom stereocenters. The fraction of sp³-hybridized carbons (Fsp3) is 0.429. The number of guanidine groups is 1. The molecule has 2 aromatic rings. The summed E-state index contributed by atoms with van der Waals surface area (Å²) in [6.45, 7) is 6.92. The Morgan fingerprint density at radius 3 is 2.62 bits per heavy atom. The number of thioether (sulfide) groups is 1. The molecule has 0 saturated carbocycles. The molecular weight excluding hydrogens is 499 g/mol. The van der Waals surface area contributed by atoms with Crippen LogP contribution in [0.3, 0.4) is 0 Å². The van der Waals surface area contributed by atoms with E-state index in [4.69, 9.17) is 9.47 Å². The molecule has 0 spiro atoms. The number of hydrogen-bond donors (Lipinski definition) is 2. The van der Waals surface area contributed by atoms with Crippen molar-refractivity contribution in [3.05, 3.63) is 48.2 Å². The van der Waals surface area contributed by atoms with Gasteiger partial charge in [-0.1, -0.05) is 25.1 Å². The predicted molar refractivity (Wildman–Crippen MR) is 133 cm³/mol. The lowest BCUT2D eigenvalue weighted by molar-refractivity contribution is 0.300. The summed E-state index contributed by atoms with van der Waals surface area (Å²) in [6, 6.07) is 11.5. The Labute approximate surface area is 195 Å². The number of para-hydroxylation sites is 2. The summed E-state index contributed by atoms with van der Waals surface area (Å²) in [5, 5.41) is 6.59. The van der Waals surface area contributed by atoms with E-state index in [9.17, 15) is 0 Å². The zero-order valence-corrected chi connectivity index (χ0v) is 20.5. The number of benzene rings is 1. The molecule has 8 heteroatoms. The molecule has 6 nitrogen and oxygen atoms in total. The summed E-state index contributed by atoms with van der Waals surface area (Å²) in [5.41, 5.74) is 0.912. The van der Waals surface area contributed by atoms with Crippen LogP contribution in [0, 0.1) is 0 Å². The molecule has 0 bridgehead atoms. The lowest BCUT2D eigenvalue weighted by atomic mass is 10.2. The fourth-order valence-corrected chi connectivity index (χ4v) is 2.69. The molecule has 29 heavy (non-hydrogen) atoms. The van der Waals surface area contributed by atoms with Crippen LogP contribution in [0.1, 0.15) is 25.8 Å². The van der Waals surface area contributed by atoms with Gasteiger partial charge in [0.25, 0.3) is 0 Å². The van der Waals surface area contributed by atoms with E-state index in [0.29, 0.717) is 24.8 Å². The average molecular weight is 530 g/mol. The highest BCUT2D eigenvalue weighted by Gasteiger charge is 2.10. The van der Waals surface area contributed by atoms with Gasteiger partial charge in [0.05, 0.1) is 13.2 Å². The molecule has 0 aliphatic carbocycles. The van der Waals surface area contributed by atoms with Gasteiger partial charge in [-0.25, -0.2) is 9.98 Å². The molecule has 0 aliphatic rings. The Bertz CT molecular complexity index is 746. The van der Waals surface area contributed by atoms with Gasteiger partial charge in [-0.2, -0.15) is 11.8 Å². The Hall–Kier alpha value is -1.68. The quantitative estimate of drug-likeness (QED) is 0.190. The Balaban J connectivity index is 0.00000420. The van der Waals surface area contributed by atoms with Crippen LogP contribution in [0.5, 0.6) is 17.4 Å². The van der Waals surface area contributed by atoms with Crippen molar-refractivity contribution in [1.29, 1.82) is 0 Å². The van der Waals surface area contributed by atoms with Crippen molar-refractivity contribution in [2.24, 2.45) is 4.99 Å².